The highest BCUT2D eigenvalue weighted by atomic mass is 16.5. The number of nitrogens with zero attached hydrogens (tertiary/aromatic N) is 3. The van der Waals surface area contributed by atoms with Crippen molar-refractivity contribution in [3.05, 3.63) is 77.1 Å². The molecule has 0 spiro atoms. The van der Waals surface area contributed by atoms with Gasteiger partial charge in [0.05, 0.1) is 5.69 Å². The van der Waals surface area contributed by atoms with Gasteiger partial charge in [-0.05, 0) is 49.1 Å². The molecule has 0 saturated carbocycles. The van der Waals surface area contributed by atoms with Gasteiger partial charge in [-0.15, -0.1) is 0 Å². The molecule has 3 aromatic rings. The highest BCUT2D eigenvalue weighted by Gasteiger charge is 2.16. The predicted molar refractivity (Wildman–Crippen MR) is 114 cm³/mol. The average Bonchev–Trinajstić information content (AvgIpc) is 2.95. The zero-order valence-corrected chi connectivity index (χ0v) is 17.0. The van der Waals surface area contributed by atoms with Gasteiger partial charge in [-0.1, -0.05) is 35.9 Å². The highest BCUT2D eigenvalue weighted by Crippen LogP contribution is 2.23. The number of aromatic nitrogens is 2. The number of aliphatic carboxylic acids is 1. The van der Waals surface area contributed by atoms with Gasteiger partial charge in [-0.2, -0.15) is 0 Å². The molecule has 154 valence electrons. The molecule has 0 atom stereocenters. The maximum Gasteiger partial charge on any atom is 0.341 e. The van der Waals surface area contributed by atoms with Crippen molar-refractivity contribution in [2.24, 2.45) is 0 Å². The van der Waals surface area contributed by atoms with Gasteiger partial charge in [0.25, 0.3) is 0 Å². The molecule has 0 unspecified atom stereocenters. The molecule has 0 bridgehead atoms. The number of hydrogen-bond acceptors (Lipinski definition) is 5. The number of carbonyl (C=O) groups is 1. The van der Waals surface area contributed by atoms with Gasteiger partial charge in [-0.3, -0.25) is 4.90 Å². The number of ether oxygens (including phenoxy) is 1. The quantitative estimate of drug-likeness (QED) is 0.679. The van der Waals surface area contributed by atoms with E-state index < -0.39 is 5.97 Å². The summed E-state index contributed by atoms with van der Waals surface area (Å²) in [6.45, 7) is 4.39. The third-order valence-corrected chi connectivity index (χ3v) is 5.34. The molecule has 2 aromatic carbocycles. The lowest BCUT2D eigenvalue weighted by Crippen LogP contribution is -2.26. The second-order valence-electron chi connectivity index (χ2n) is 7.63. The average molecular weight is 403 g/mol. The summed E-state index contributed by atoms with van der Waals surface area (Å²) in [6, 6.07) is 16.1. The summed E-state index contributed by atoms with van der Waals surface area (Å²) in [5.41, 5.74) is 5.78. The topological polar surface area (TPSA) is 75.6 Å². The van der Waals surface area contributed by atoms with Crippen LogP contribution in [-0.2, 0) is 24.2 Å². The van der Waals surface area contributed by atoms with Crippen LogP contribution in [0.4, 0.5) is 0 Å². The van der Waals surface area contributed by atoms with Crippen LogP contribution in [0.1, 0.15) is 22.4 Å². The van der Waals surface area contributed by atoms with E-state index in [9.17, 15) is 4.79 Å². The summed E-state index contributed by atoms with van der Waals surface area (Å²) >= 11 is 0. The standard InChI is InChI=1S/C24H25N3O3/c1-17-2-4-19(5-3-17)24-25-11-8-21(26-24)15-27-12-9-18-6-7-22(30-16-23(28)29)14-20(18)10-13-27/h2-8,11,14H,9-10,12-13,15-16H2,1H3,(H,28,29). The molecule has 1 aromatic heterocycles. The Morgan fingerprint density at radius 2 is 1.83 bits per heavy atom. The first-order chi connectivity index (χ1) is 14.6. The van der Waals surface area contributed by atoms with E-state index in [0.29, 0.717) is 5.75 Å². The fraction of sp³-hybridized carbons (Fsp3) is 0.292. The van der Waals surface area contributed by atoms with E-state index in [1.807, 2.05) is 24.4 Å². The molecule has 1 N–H and O–H groups in total. The van der Waals surface area contributed by atoms with Crippen molar-refractivity contribution in [1.29, 1.82) is 0 Å². The van der Waals surface area contributed by atoms with E-state index in [4.69, 9.17) is 14.8 Å². The minimum Gasteiger partial charge on any atom is -0.482 e. The molecule has 1 aliphatic rings. The summed E-state index contributed by atoms with van der Waals surface area (Å²) in [5.74, 6) is 0.403. The van der Waals surface area contributed by atoms with Crippen molar-refractivity contribution < 1.29 is 14.6 Å². The molecule has 6 nitrogen and oxygen atoms in total. The molecule has 0 radical (unpaired) electrons. The molecular weight excluding hydrogens is 378 g/mol. The van der Waals surface area contributed by atoms with E-state index in [2.05, 4.69) is 47.1 Å². The molecule has 0 fully saturated rings. The van der Waals surface area contributed by atoms with Crippen molar-refractivity contribution in [2.45, 2.75) is 26.3 Å². The van der Waals surface area contributed by atoms with Crippen LogP contribution in [0.25, 0.3) is 11.4 Å². The van der Waals surface area contributed by atoms with Gasteiger partial charge in [0.1, 0.15) is 5.75 Å². The maximum absolute atomic E-state index is 10.7. The van der Waals surface area contributed by atoms with Crippen molar-refractivity contribution in [2.75, 3.05) is 19.7 Å². The molecule has 30 heavy (non-hydrogen) atoms. The van der Waals surface area contributed by atoms with E-state index in [0.717, 1.165) is 49.6 Å². The summed E-state index contributed by atoms with van der Waals surface area (Å²) in [7, 11) is 0. The van der Waals surface area contributed by atoms with Crippen LogP contribution in [0.5, 0.6) is 5.75 Å². The van der Waals surface area contributed by atoms with E-state index in [1.54, 1.807) is 0 Å². The first-order valence-electron chi connectivity index (χ1n) is 10.1. The van der Waals surface area contributed by atoms with Gasteiger partial charge < -0.3 is 9.84 Å². The second kappa shape index (κ2) is 9.05. The van der Waals surface area contributed by atoms with Gasteiger partial charge in [-0.25, -0.2) is 14.8 Å². The Morgan fingerprint density at radius 3 is 2.60 bits per heavy atom. The minimum absolute atomic E-state index is 0.318. The molecule has 0 saturated heterocycles. The SMILES string of the molecule is Cc1ccc(-c2nccc(CN3CCc4ccc(OCC(=O)O)cc4CC3)n2)cc1. The third-order valence-electron chi connectivity index (χ3n) is 5.34. The Balaban J connectivity index is 1.42. The van der Waals surface area contributed by atoms with Crippen molar-refractivity contribution in [3.63, 3.8) is 0 Å². The fourth-order valence-electron chi connectivity index (χ4n) is 3.70. The molecule has 1 aliphatic heterocycles. The lowest BCUT2D eigenvalue weighted by molar-refractivity contribution is -0.139. The third kappa shape index (κ3) is 5.02. The van der Waals surface area contributed by atoms with Gasteiger partial charge in [0.2, 0.25) is 0 Å². The first-order valence-corrected chi connectivity index (χ1v) is 10.1. The predicted octanol–water partition coefficient (Wildman–Crippen LogP) is 3.52. The largest absolute Gasteiger partial charge is 0.482 e. The number of fused-ring (bicyclic) bond motifs is 1. The summed E-state index contributed by atoms with van der Waals surface area (Å²) in [5, 5.41) is 8.80. The normalized spacial score (nSPS) is 14.0. The zero-order valence-electron chi connectivity index (χ0n) is 17.0. The first kappa shape index (κ1) is 20.0. The summed E-state index contributed by atoms with van der Waals surface area (Å²) < 4.78 is 5.33. The van der Waals surface area contributed by atoms with Crippen LogP contribution in [0.3, 0.4) is 0 Å². The number of benzene rings is 2. The Kier molecular flexibility index (Phi) is 6.05. The van der Waals surface area contributed by atoms with Crippen LogP contribution in [0, 0.1) is 6.92 Å². The molecular formula is C24H25N3O3. The lowest BCUT2D eigenvalue weighted by atomic mass is 10.0. The number of carboxylic acids is 1. The second-order valence-corrected chi connectivity index (χ2v) is 7.63. The number of hydrogen-bond donors (Lipinski definition) is 1. The lowest BCUT2D eigenvalue weighted by Gasteiger charge is -2.19. The highest BCUT2D eigenvalue weighted by molar-refractivity contribution is 5.68. The Bertz CT molecular complexity index is 1030. The van der Waals surface area contributed by atoms with E-state index >= 15 is 0 Å². The van der Waals surface area contributed by atoms with Crippen molar-refractivity contribution in [1.82, 2.24) is 14.9 Å². The van der Waals surface area contributed by atoms with E-state index in [1.165, 1.54) is 16.7 Å². The zero-order chi connectivity index (χ0) is 20.9. The van der Waals surface area contributed by atoms with Gasteiger partial charge in [0, 0.05) is 31.4 Å². The van der Waals surface area contributed by atoms with Crippen molar-refractivity contribution in [3.8, 4) is 17.1 Å². The smallest absolute Gasteiger partial charge is 0.341 e. The van der Waals surface area contributed by atoms with Gasteiger partial charge in [0.15, 0.2) is 12.4 Å². The maximum atomic E-state index is 10.7. The number of rotatable bonds is 6. The fourth-order valence-corrected chi connectivity index (χ4v) is 3.70. The molecule has 4 rings (SSSR count). The summed E-state index contributed by atoms with van der Waals surface area (Å²) in [4.78, 5) is 22.3. The number of carboxylic acid groups (broad SMARTS) is 1. The Hall–Kier alpha value is -3.25. The molecule has 6 heteroatoms. The van der Waals surface area contributed by atoms with Crippen LogP contribution in [0.15, 0.2) is 54.7 Å². The van der Waals surface area contributed by atoms with E-state index in [-0.39, 0.29) is 6.61 Å². The molecule has 0 aliphatic carbocycles. The van der Waals surface area contributed by atoms with Crippen LogP contribution >= 0.6 is 0 Å². The Morgan fingerprint density at radius 1 is 1.07 bits per heavy atom. The monoisotopic (exact) mass is 403 g/mol. The van der Waals surface area contributed by atoms with Crippen LogP contribution in [-0.4, -0.2) is 45.6 Å². The van der Waals surface area contributed by atoms with Gasteiger partial charge >= 0.3 is 5.97 Å². The number of aryl methyl sites for hydroxylation is 1. The van der Waals surface area contributed by atoms with Crippen LogP contribution < -0.4 is 4.74 Å². The van der Waals surface area contributed by atoms with Crippen LogP contribution in [0.2, 0.25) is 0 Å². The minimum atomic E-state index is -0.967. The molecule has 2 heterocycles. The summed E-state index contributed by atoms with van der Waals surface area (Å²) in [6.07, 6.45) is 3.68. The van der Waals surface area contributed by atoms with Crippen molar-refractivity contribution >= 4 is 5.97 Å². The molecule has 0 amide bonds. The Labute approximate surface area is 176 Å².